The summed E-state index contributed by atoms with van der Waals surface area (Å²) in [4.78, 5) is 38.3. The minimum absolute atomic E-state index is 0.0414. The summed E-state index contributed by atoms with van der Waals surface area (Å²) < 4.78 is 31.8. The van der Waals surface area contributed by atoms with Gasteiger partial charge >= 0.3 is 5.91 Å². The van der Waals surface area contributed by atoms with Gasteiger partial charge in [0.1, 0.15) is 0 Å². The molecule has 2 aromatic carbocycles. The van der Waals surface area contributed by atoms with Crippen LogP contribution < -0.4 is 16.4 Å². The molecular formula is C24H22N4O6S. The zero-order valence-electron chi connectivity index (χ0n) is 18.7. The summed E-state index contributed by atoms with van der Waals surface area (Å²) in [7, 11) is -3.72. The van der Waals surface area contributed by atoms with E-state index in [1.165, 1.54) is 29.1 Å². The molecule has 2 aromatic heterocycles. The maximum Gasteiger partial charge on any atom is 0.305 e. The van der Waals surface area contributed by atoms with E-state index in [0.29, 0.717) is 23.7 Å². The molecule has 180 valence electrons. The van der Waals surface area contributed by atoms with Crippen LogP contribution in [0.25, 0.3) is 10.8 Å². The summed E-state index contributed by atoms with van der Waals surface area (Å²) in [6.07, 6.45) is 1.83. The van der Waals surface area contributed by atoms with E-state index >= 15 is 0 Å². The molecule has 0 radical (unpaired) electrons. The van der Waals surface area contributed by atoms with Crippen molar-refractivity contribution < 1.29 is 22.4 Å². The van der Waals surface area contributed by atoms with Gasteiger partial charge in [-0.05, 0) is 30.7 Å². The topological polar surface area (TPSA) is 140 Å². The number of aromatic nitrogens is 2. The molecule has 2 amide bonds. The predicted molar refractivity (Wildman–Crippen MR) is 127 cm³/mol. The molecule has 0 saturated carbocycles. The normalized spacial score (nSPS) is 11.3. The first-order chi connectivity index (χ1) is 16.8. The van der Waals surface area contributed by atoms with Crippen LogP contribution in [0.2, 0.25) is 0 Å². The smallest absolute Gasteiger partial charge is 0.305 e. The Morgan fingerprint density at radius 3 is 2.31 bits per heavy atom. The molecule has 0 fully saturated rings. The maximum atomic E-state index is 12.9. The van der Waals surface area contributed by atoms with Crippen LogP contribution in [0.5, 0.6) is 0 Å². The highest BCUT2D eigenvalue weighted by atomic mass is 32.2. The number of aryl methyl sites for hydroxylation is 1. The molecule has 4 aromatic rings. The lowest BCUT2D eigenvalue weighted by molar-refractivity contribution is 0.0827. The summed E-state index contributed by atoms with van der Waals surface area (Å²) in [6, 6.07) is 15.8. The molecule has 0 atom stereocenters. The molecule has 10 nitrogen and oxygen atoms in total. The van der Waals surface area contributed by atoms with Crippen molar-refractivity contribution in [3.8, 4) is 0 Å². The lowest BCUT2D eigenvalue weighted by atomic mass is 10.1. The minimum Gasteiger partial charge on any atom is -0.459 e. The van der Waals surface area contributed by atoms with Gasteiger partial charge in [0.25, 0.3) is 11.5 Å². The van der Waals surface area contributed by atoms with Crippen LogP contribution in [-0.2, 0) is 22.1 Å². The van der Waals surface area contributed by atoms with Gasteiger partial charge in [-0.3, -0.25) is 25.2 Å². The van der Waals surface area contributed by atoms with Crippen molar-refractivity contribution in [1.29, 1.82) is 0 Å². The third kappa shape index (κ3) is 4.99. The number of nitrogens with one attached hydrogen (secondary N) is 2. The quantitative estimate of drug-likeness (QED) is 0.376. The number of rotatable bonds is 7. The molecule has 0 saturated heterocycles. The second kappa shape index (κ2) is 9.94. The highest BCUT2D eigenvalue weighted by molar-refractivity contribution is 7.90. The van der Waals surface area contributed by atoms with Gasteiger partial charge in [-0.2, -0.15) is 5.10 Å². The van der Waals surface area contributed by atoms with Crippen LogP contribution in [0.3, 0.4) is 0 Å². The van der Waals surface area contributed by atoms with Crippen molar-refractivity contribution in [3.05, 3.63) is 94.3 Å². The maximum absolute atomic E-state index is 12.9. The Kier molecular flexibility index (Phi) is 6.78. The largest absolute Gasteiger partial charge is 0.459 e. The molecule has 2 N–H and O–H groups in total. The summed E-state index contributed by atoms with van der Waals surface area (Å²) in [6.45, 7) is 2.20. The number of nitrogens with zero attached hydrogens (tertiary/aromatic N) is 2. The Morgan fingerprint density at radius 2 is 1.60 bits per heavy atom. The van der Waals surface area contributed by atoms with Gasteiger partial charge in [0, 0.05) is 17.5 Å². The molecule has 0 aliphatic carbocycles. The Hall–Kier alpha value is -4.25. The number of hydrogen-bond acceptors (Lipinski definition) is 7. The van der Waals surface area contributed by atoms with Gasteiger partial charge in [0.15, 0.2) is 21.3 Å². The average molecular weight is 495 g/mol. The molecule has 0 aliphatic rings. The fraction of sp³-hybridized carbons (Fsp3) is 0.167. The van der Waals surface area contributed by atoms with Crippen molar-refractivity contribution >= 4 is 32.4 Å². The van der Waals surface area contributed by atoms with E-state index in [1.807, 2.05) is 6.92 Å². The summed E-state index contributed by atoms with van der Waals surface area (Å²) >= 11 is 0. The molecule has 35 heavy (non-hydrogen) atoms. The Bertz CT molecular complexity index is 1560. The zero-order chi connectivity index (χ0) is 25.0. The Balaban J connectivity index is 1.53. The van der Waals surface area contributed by atoms with E-state index in [4.69, 9.17) is 4.42 Å². The average Bonchev–Trinajstić information content (AvgIpc) is 3.32. The molecule has 11 heteroatoms. The van der Waals surface area contributed by atoms with Gasteiger partial charge in [-0.15, -0.1) is 0 Å². The predicted octanol–water partition coefficient (Wildman–Crippen LogP) is 2.45. The number of benzene rings is 2. The van der Waals surface area contributed by atoms with E-state index < -0.39 is 27.4 Å². The first-order valence-electron chi connectivity index (χ1n) is 10.8. The summed E-state index contributed by atoms with van der Waals surface area (Å²) in [5.41, 5.74) is 4.27. The number of furan rings is 1. The SMILES string of the molecule is CCCn1nc(C(=O)NNC(=O)c2occc2CS(=O)(=O)c2ccccc2)c2ccccc2c1=O. The van der Waals surface area contributed by atoms with E-state index in [9.17, 15) is 22.8 Å². The molecule has 0 spiro atoms. The van der Waals surface area contributed by atoms with Crippen molar-refractivity contribution in [2.45, 2.75) is 30.5 Å². The third-order valence-electron chi connectivity index (χ3n) is 5.21. The van der Waals surface area contributed by atoms with Crippen LogP contribution in [0.1, 0.15) is 40.0 Å². The van der Waals surface area contributed by atoms with Gasteiger partial charge in [0.05, 0.1) is 22.3 Å². The standard InChI is InChI=1S/C24H22N4O6S/c1-2-13-28-24(31)19-11-7-6-10-18(19)20(27-28)22(29)25-26-23(30)21-16(12-14-34-21)15-35(32,33)17-8-4-3-5-9-17/h3-12,14H,2,13,15H2,1H3,(H,25,29)(H,26,30). The van der Waals surface area contributed by atoms with Crippen LogP contribution in [0.15, 0.2) is 81.0 Å². The van der Waals surface area contributed by atoms with Crippen molar-refractivity contribution in [2.24, 2.45) is 0 Å². The number of hydrogen-bond donors (Lipinski definition) is 2. The molecular weight excluding hydrogens is 472 g/mol. The van der Waals surface area contributed by atoms with Crippen LogP contribution in [0.4, 0.5) is 0 Å². The number of amides is 2. The minimum atomic E-state index is -3.72. The highest BCUT2D eigenvalue weighted by Crippen LogP contribution is 2.20. The number of sulfone groups is 1. The lowest BCUT2D eigenvalue weighted by Gasteiger charge is -2.11. The highest BCUT2D eigenvalue weighted by Gasteiger charge is 2.23. The number of carbonyl (C=O) groups excluding carboxylic acids is 2. The van der Waals surface area contributed by atoms with Crippen LogP contribution in [0, 0.1) is 0 Å². The number of hydrazine groups is 1. The fourth-order valence-corrected chi connectivity index (χ4v) is 4.94. The second-order valence-electron chi connectivity index (χ2n) is 7.68. The van der Waals surface area contributed by atoms with Crippen LogP contribution >= 0.6 is 0 Å². The number of carbonyl (C=O) groups is 2. The van der Waals surface area contributed by atoms with E-state index in [0.717, 1.165) is 0 Å². The van der Waals surface area contributed by atoms with Crippen molar-refractivity contribution in [3.63, 3.8) is 0 Å². The first kappa shape index (κ1) is 23.9. The first-order valence-corrected chi connectivity index (χ1v) is 12.4. The zero-order valence-corrected chi connectivity index (χ0v) is 19.5. The van der Waals surface area contributed by atoms with Crippen molar-refractivity contribution in [1.82, 2.24) is 20.6 Å². The van der Waals surface area contributed by atoms with E-state index in [1.54, 1.807) is 42.5 Å². The second-order valence-corrected chi connectivity index (χ2v) is 9.67. The summed E-state index contributed by atoms with van der Waals surface area (Å²) in [5, 5.41) is 4.83. The lowest BCUT2D eigenvalue weighted by Crippen LogP contribution is -2.43. The Morgan fingerprint density at radius 1 is 0.943 bits per heavy atom. The third-order valence-corrected chi connectivity index (χ3v) is 6.89. The Labute approximate surface area is 200 Å². The molecule has 0 aliphatic heterocycles. The van der Waals surface area contributed by atoms with Gasteiger partial charge in [-0.1, -0.05) is 43.3 Å². The molecule has 0 unspecified atom stereocenters. The number of fused-ring (bicyclic) bond motifs is 1. The van der Waals surface area contributed by atoms with E-state index in [-0.39, 0.29) is 27.5 Å². The van der Waals surface area contributed by atoms with E-state index in [2.05, 4.69) is 16.0 Å². The molecule has 0 bridgehead atoms. The van der Waals surface area contributed by atoms with Crippen LogP contribution in [-0.4, -0.2) is 30.0 Å². The fourth-order valence-electron chi connectivity index (χ4n) is 3.56. The molecule has 4 rings (SSSR count). The van der Waals surface area contributed by atoms with Gasteiger partial charge < -0.3 is 4.42 Å². The van der Waals surface area contributed by atoms with Crippen molar-refractivity contribution in [2.75, 3.05) is 0 Å². The molecule has 2 heterocycles. The summed E-state index contributed by atoms with van der Waals surface area (Å²) in [5.74, 6) is -2.30. The van der Waals surface area contributed by atoms with Gasteiger partial charge in [-0.25, -0.2) is 13.1 Å². The monoisotopic (exact) mass is 494 g/mol. The van der Waals surface area contributed by atoms with Gasteiger partial charge in [0.2, 0.25) is 0 Å².